The van der Waals surface area contributed by atoms with Gasteiger partial charge in [0.25, 0.3) is 10.0 Å². The van der Waals surface area contributed by atoms with Gasteiger partial charge in [-0.25, -0.2) is 8.42 Å². The van der Waals surface area contributed by atoms with Crippen molar-refractivity contribution in [1.82, 2.24) is 9.62 Å². The Hall–Kier alpha value is -0.890. The smallest absolute Gasteiger partial charge is 0.263 e. The van der Waals surface area contributed by atoms with E-state index in [1.807, 2.05) is 0 Å². The van der Waals surface area contributed by atoms with E-state index in [0.717, 1.165) is 0 Å². The molecule has 19 heavy (non-hydrogen) atoms. The van der Waals surface area contributed by atoms with Crippen molar-refractivity contribution < 1.29 is 13.2 Å². The Morgan fingerprint density at radius 3 is 2.42 bits per heavy atom. The minimum atomic E-state index is -3.66. The highest BCUT2D eigenvalue weighted by Crippen LogP contribution is 2.14. The van der Waals surface area contributed by atoms with E-state index < -0.39 is 10.0 Å². The van der Waals surface area contributed by atoms with Gasteiger partial charge in [0.2, 0.25) is 0 Å². The summed E-state index contributed by atoms with van der Waals surface area (Å²) in [6, 6.07) is 5.92. The lowest BCUT2D eigenvalue weighted by Gasteiger charge is -2.29. The molecule has 0 atom stereocenters. The Labute approximate surface area is 122 Å². The number of thiocarbonyl (C=S) groups is 1. The highest BCUT2D eigenvalue weighted by Gasteiger charge is 2.20. The molecule has 1 fully saturated rings. The lowest BCUT2D eigenvalue weighted by atomic mass is 10.4. The summed E-state index contributed by atoms with van der Waals surface area (Å²) in [6.45, 7) is 2.26. The average molecular weight is 321 g/mol. The van der Waals surface area contributed by atoms with Gasteiger partial charge in [-0.05, 0) is 36.5 Å². The summed E-state index contributed by atoms with van der Waals surface area (Å²) in [5, 5.41) is 0.674. The van der Waals surface area contributed by atoms with Gasteiger partial charge in [-0.1, -0.05) is 11.6 Å². The lowest BCUT2D eigenvalue weighted by Crippen LogP contribution is -2.47. The number of nitrogens with zero attached hydrogens (tertiary/aromatic N) is 1. The fourth-order valence-electron chi connectivity index (χ4n) is 1.62. The number of ether oxygens (including phenoxy) is 1. The van der Waals surface area contributed by atoms with Gasteiger partial charge in [-0.2, -0.15) is 0 Å². The summed E-state index contributed by atoms with van der Waals surface area (Å²) in [6.07, 6.45) is 0. The molecule has 8 heteroatoms. The van der Waals surface area contributed by atoms with E-state index in [0.29, 0.717) is 31.3 Å². The van der Waals surface area contributed by atoms with Crippen molar-refractivity contribution in [2.45, 2.75) is 4.90 Å². The first-order valence-corrected chi connectivity index (χ1v) is 7.91. The summed E-state index contributed by atoms with van der Waals surface area (Å²) in [7, 11) is -3.66. The third-order valence-corrected chi connectivity index (χ3v) is 4.74. The van der Waals surface area contributed by atoms with Gasteiger partial charge in [0.15, 0.2) is 5.11 Å². The maximum absolute atomic E-state index is 12.1. The number of halogens is 1. The van der Waals surface area contributed by atoms with Crippen LogP contribution < -0.4 is 4.72 Å². The fraction of sp³-hybridized carbons (Fsp3) is 0.364. The molecule has 0 radical (unpaired) electrons. The minimum Gasteiger partial charge on any atom is -0.378 e. The molecule has 0 aromatic heterocycles. The van der Waals surface area contributed by atoms with Crippen LogP contribution in [0.4, 0.5) is 0 Å². The molecular weight excluding hydrogens is 308 g/mol. The largest absolute Gasteiger partial charge is 0.378 e. The van der Waals surface area contributed by atoms with E-state index in [2.05, 4.69) is 4.72 Å². The Morgan fingerprint density at radius 2 is 1.84 bits per heavy atom. The second-order valence-corrected chi connectivity index (χ2v) is 6.47. The van der Waals surface area contributed by atoms with Crippen LogP contribution in [0.5, 0.6) is 0 Å². The van der Waals surface area contributed by atoms with Crippen LogP contribution >= 0.6 is 23.8 Å². The van der Waals surface area contributed by atoms with Crippen LogP contribution in [0.25, 0.3) is 0 Å². The zero-order chi connectivity index (χ0) is 13.9. The predicted octanol–water partition coefficient (Wildman–Crippen LogP) is 1.24. The van der Waals surface area contributed by atoms with E-state index in [4.69, 9.17) is 28.6 Å². The van der Waals surface area contributed by atoms with Crippen molar-refractivity contribution in [2.24, 2.45) is 0 Å². The summed E-state index contributed by atoms with van der Waals surface area (Å²) in [4.78, 5) is 1.90. The molecule has 0 unspecified atom stereocenters. The second kappa shape index (κ2) is 6.04. The van der Waals surface area contributed by atoms with E-state index in [9.17, 15) is 8.42 Å². The summed E-state index contributed by atoms with van der Waals surface area (Å²) < 4.78 is 31.8. The molecule has 5 nitrogen and oxygen atoms in total. The zero-order valence-corrected chi connectivity index (χ0v) is 12.4. The van der Waals surface area contributed by atoms with Gasteiger partial charge >= 0.3 is 0 Å². The second-order valence-electron chi connectivity index (χ2n) is 3.96. The first-order chi connectivity index (χ1) is 8.99. The molecule has 1 N–H and O–H groups in total. The standard InChI is InChI=1S/C11H13ClN2O3S2/c12-9-1-3-10(4-2-9)19(15,16)13-11(18)14-5-7-17-8-6-14/h1-4H,5-8H2,(H,13,18). The third kappa shape index (κ3) is 3.79. The number of hydrogen-bond donors (Lipinski definition) is 1. The van der Waals surface area contributed by atoms with Gasteiger partial charge in [-0.15, -0.1) is 0 Å². The van der Waals surface area contributed by atoms with Crippen LogP contribution in [0.3, 0.4) is 0 Å². The van der Waals surface area contributed by atoms with Crippen LogP contribution in [0.15, 0.2) is 29.2 Å². The molecule has 0 aliphatic carbocycles. The van der Waals surface area contributed by atoms with E-state index in [-0.39, 0.29) is 10.0 Å². The van der Waals surface area contributed by atoms with E-state index in [1.165, 1.54) is 24.3 Å². The van der Waals surface area contributed by atoms with Gasteiger partial charge < -0.3 is 9.64 Å². The molecule has 0 amide bonds. The first-order valence-electron chi connectivity index (χ1n) is 5.64. The molecular formula is C11H13ClN2O3S2. The molecule has 1 aromatic rings. The number of benzene rings is 1. The molecule has 1 heterocycles. The minimum absolute atomic E-state index is 0.132. The molecule has 0 bridgehead atoms. The first kappa shape index (κ1) is 14.5. The van der Waals surface area contributed by atoms with Gasteiger partial charge in [0, 0.05) is 18.1 Å². The lowest BCUT2D eigenvalue weighted by molar-refractivity contribution is 0.0682. The maximum atomic E-state index is 12.1. The van der Waals surface area contributed by atoms with E-state index >= 15 is 0 Å². The highest BCUT2D eigenvalue weighted by molar-refractivity contribution is 7.91. The zero-order valence-electron chi connectivity index (χ0n) is 10.0. The maximum Gasteiger partial charge on any atom is 0.263 e. The molecule has 1 aromatic carbocycles. The van der Waals surface area contributed by atoms with Crippen molar-refractivity contribution in [3.8, 4) is 0 Å². The van der Waals surface area contributed by atoms with Gasteiger partial charge in [0.1, 0.15) is 0 Å². The molecule has 1 aliphatic heterocycles. The van der Waals surface area contributed by atoms with Crippen LogP contribution in [-0.4, -0.2) is 44.7 Å². The number of rotatable bonds is 2. The molecule has 0 saturated carbocycles. The summed E-state index contributed by atoms with van der Waals surface area (Å²) in [5.74, 6) is 0. The van der Waals surface area contributed by atoms with Crippen molar-refractivity contribution >= 4 is 39.0 Å². The number of sulfonamides is 1. The highest BCUT2D eigenvalue weighted by atomic mass is 35.5. The third-order valence-electron chi connectivity index (χ3n) is 2.64. The van der Waals surface area contributed by atoms with E-state index in [1.54, 1.807) is 4.90 Å². The SMILES string of the molecule is O=S(=O)(NC(=S)N1CCOCC1)c1ccc(Cl)cc1. The number of morpholine rings is 1. The van der Waals surface area contributed by atoms with Crippen LogP contribution in [-0.2, 0) is 14.8 Å². The predicted molar refractivity (Wildman–Crippen MR) is 76.8 cm³/mol. The van der Waals surface area contributed by atoms with Crippen molar-refractivity contribution in [2.75, 3.05) is 26.3 Å². The normalized spacial score (nSPS) is 16.2. The monoisotopic (exact) mass is 320 g/mol. The number of nitrogens with one attached hydrogen (secondary N) is 1. The fourth-order valence-corrected chi connectivity index (χ4v) is 3.23. The molecule has 1 aliphatic rings. The Kier molecular flexibility index (Phi) is 4.62. The van der Waals surface area contributed by atoms with Crippen LogP contribution in [0.2, 0.25) is 5.02 Å². The van der Waals surface area contributed by atoms with Crippen molar-refractivity contribution in [3.05, 3.63) is 29.3 Å². The molecule has 2 rings (SSSR count). The summed E-state index contributed by atoms with van der Waals surface area (Å²) >= 11 is 10.8. The quantitative estimate of drug-likeness (QED) is 0.831. The Balaban J connectivity index is 2.08. The molecule has 104 valence electrons. The molecule has 0 spiro atoms. The van der Waals surface area contributed by atoms with Gasteiger partial charge in [-0.3, -0.25) is 4.72 Å². The average Bonchev–Trinajstić information content (AvgIpc) is 2.40. The van der Waals surface area contributed by atoms with Crippen LogP contribution in [0.1, 0.15) is 0 Å². The van der Waals surface area contributed by atoms with Crippen molar-refractivity contribution in [1.29, 1.82) is 0 Å². The Morgan fingerprint density at radius 1 is 1.26 bits per heavy atom. The topological polar surface area (TPSA) is 58.6 Å². The van der Waals surface area contributed by atoms with Crippen molar-refractivity contribution in [3.63, 3.8) is 0 Å². The van der Waals surface area contributed by atoms with Gasteiger partial charge in [0.05, 0.1) is 18.1 Å². The molecule has 1 saturated heterocycles. The summed E-state index contributed by atoms with van der Waals surface area (Å²) in [5.41, 5.74) is 0. The Bertz CT molecular complexity index is 554. The number of hydrogen-bond acceptors (Lipinski definition) is 4. The van der Waals surface area contributed by atoms with Crippen LogP contribution in [0, 0.1) is 0 Å².